The first kappa shape index (κ1) is 20.1. The minimum Gasteiger partial charge on any atom is -0.463 e. The number of methoxy groups -OCH3 is 1. The number of benzene rings is 1. The third-order valence-corrected chi connectivity index (χ3v) is 4.63. The van der Waals surface area contributed by atoms with E-state index in [1.165, 1.54) is 6.07 Å². The summed E-state index contributed by atoms with van der Waals surface area (Å²) < 4.78 is 21.1. The molecule has 1 saturated heterocycles. The molecule has 28 heavy (non-hydrogen) atoms. The molecule has 7 heteroatoms. The van der Waals surface area contributed by atoms with Gasteiger partial charge >= 0.3 is 5.97 Å². The summed E-state index contributed by atoms with van der Waals surface area (Å²) in [4.78, 5) is 26.1. The van der Waals surface area contributed by atoms with E-state index in [9.17, 15) is 9.59 Å². The SMILES string of the molecule is CCOC(=O)c1coc(-c2ccc(N3CC[C@@H](OCCOC)C3)cc2)cc1=O. The first-order valence-corrected chi connectivity index (χ1v) is 9.38. The Kier molecular flexibility index (Phi) is 6.84. The van der Waals surface area contributed by atoms with Crippen LogP contribution in [0.5, 0.6) is 0 Å². The highest BCUT2D eigenvalue weighted by Crippen LogP contribution is 2.26. The van der Waals surface area contributed by atoms with Crippen LogP contribution in [0, 0.1) is 0 Å². The Morgan fingerprint density at radius 1 is 1.25 bits per heavy atom. The average molecular weight is 387 g/mol. The molecule has 150 valence electrons. The van der Waals surface area contributed by atoms with Crippen molar-refractivity contribution >= 4 is 11.7 Å². The maximum absolute atomic E-state index is 12.2. The van der Waals surface area contributed by atoms with E-state index < -0.39 is 11.4 Å². The summed E-state index contributed by atoms with van der Waals surface area (Å²) >= 11 is 0. The van der Waals surface area contributed by atoms with Gasteiger partial charge < -0.3 is 23.5 Å². The summed E-state index contributed by atoms with van der Waals surface area (Å²) in [7, 11) is 1.67. The van der Waals surface area contributed by atoms with Crippen molar-refractivity contribution in [2.45, 2.75) is 19.4 Å². The summed E-state index contributed by atoms with van der Waals surface area (Å²) in [6, 6.07) is 9.10. The minimum atomic E-state index is -0.672. The summed E-state index contributed by atoms with van der Waals surface area (Å²) in [6.07, 6.45) is 2.35. The number of nitrogens with zero attached hydrogens (tertiary/aromatic N) is 1. The van der Waals surface area contributed by atoms with Crippen molar-refractivity contribution in [3.8, 4) is 11.3 Å². The van der Waals surface area contributed by atoms with Gasteiger partial charge in [0, 0.05) is 37.5 Å². The Bertz CT molecular complexity index is 845. The smallest absolute Gasteiger partial charge is 0.345 e. The lowest BCUT2D eigenvalue weighted by Gasteiger charge is -2.19. The second kappa shape index (κ2) is 9.52. The van der Waals surface area contributed by atoms with E-state index >= 15 is 0 Å². The van der Waals surface area contributed by atoms with Crippen LogP contribution in [0.25, 0.3) is 11.3 Å². The topological polar surface area (TPSA) is 78.2 Å². The Balaban J connectivity index is 1.65. The van der Waals surface area contributed by atoms with Gasteiger partial charge in [-0.3, -0.25) is 4.79 Å². The molecule has 1 aliphatic rings. The van der Waals surface area contributed by atoms with Crippen molar-refractivity contribution in [2.75, 3.05) is 44.9 Å². The highest BCUT2D eigenvalue weighted by molar-refractivity contribution is 5.89. The molecule has 1 aliphatic heterocycles. The van der Waals surface area contributed by atoms with Gasteiger partial charge in [0.05, 0.1) is 25.9 Å². The number of ether oxygens (including phenoxy) is 3. The standard InChI is InChI=1S/C21H25NO6/c1-3-26-21(24)18-14-28-20(12-19(18)23)15-4-6-16(7-5-15)22-9-8-17(13-22)27-11-10-25-2/h4-7,12,14,17H,3,8-11,13H2,1-2H3/t17-/m1/s1. The molecule has 2 aromatic rings. The Morgan fingerprint density at radius 2 is 2.04 bits per heavy atom. The maximum atomic E-state index is 12.2. The largest absolute Gasteiger partial charge is 0.463 e. The maximum Gasteiger partial charge on any atom is 0.345 e. The van der Waals surface area contributed by atoms with Crippen molar-refractivity contribution < 1.29 is 23.4 Å². The van der Waals surface area contributed by atoms with Gasteiger partial charge in [-0.2, -0.15) is 0 Å². The monoisotopic (exact) mass is 387 g/mol. The van der Waals surface area contributed by atoms with E-state index in [4.69, 9.17) is 18.6 Å². The van der Waals surface area contributed by atoms with Crippen LogP contribution in [0.1, 0.15) is 23.7 Å². The molecule has 0 bridgehead atoms. The van der Waals surface area contributed by atoms with Crippen LogP contribution in [0.4, 0.5) is 5.69 Å². The quantitative estimate of drug-likeness (QED) is 0.509. The predicted molar refractivity (Wildman–Crippen MR) is 105 cm³/mol. The van der Waals surface area contributed by atoms with E-state index in [1.54, 1.807) is 14.0 Å². The second-order valence-corrected chi connectivity index (χ2v) is 6.51. The number of carbonyl (C=O) groups excluding carboxylic acids is 1. The number of hydrogen-bond acceptors (Lipinski definition) is 7. The Labute approximate surface area is 163 Å². The molecule has 0 amide bonds. The lowest BCUT2D eigenvalue weighted by atomic mass is 10.1. The lowest BCUT2D eigenvalue weighted by Crippen LogP contribution is -2.23. The zero-order chi connectivity index (χ0) is 19.9. The average Bonchev–Trinajstić information content (AvgIpc) is 3.17. The molecule has 7 nitrogen and oxygen atoms in total. The summed E-state index contributed by atoms with van der Waals surface area (Å²) in [6.45, 7) is 4.87. The van der Waals surface area contributed by atoms with E-state index in [1.807, 2.05) is 24.3 Å². The van der Waals surface area contributed by atoms with Gasteiger partial charge in [0.25, 0.3) is 0 Å². The molecule has 0 spiro atoms. The molecule has 1 aromatic carbocycles. The van der Waals surface area contributed by atoms with E-state index in [0.717, 1.165) is 37.0 Å². The van der Waals surface area contributed by atoms with Crippen molar-refractivity contribution in [3.05, 3.63) is 52.4 Å². The fourth-order valence-corrected chi connectivity index (χ4v) is 3.15. The number of esters is 1. The van der Waals surface area contributed by atoms with Crippen molar-refractivity contribution in [3.63, 3.8) is 0 Å². The van der Waals surface area contributed by atoms with Gasteiger partial charge in [0.2, 0.25) is 0 Å². The van der Waals surface area contributed by atoms with Crippen LogP contribution < -0.4 is 10.3 Å². The normalized spacial score (nSPS) is 16.4. The number of rotatable bonds is 8. The van der Waals surface area contributed by atoms with Gasteiger partial charge in [-0.1, -0.05) is 0 Å². The molecule has 1 atom stereocenters. The molecule has 0 radical (unpaired) electrons. The summed E-state index contributed by atoms with van der Waals surface area (Å²) in [5, 5.41) is 0. The Hall–Kier alpha value is -2.64. The van der Waals surface area contributed by atoms with Gasteiger partial charge in [0.1, 0.15) is 17.6 Å². The van der Waals surface area contributed by atoms with Gasteiger partial charge in [0.15, 0.2) is 5.43 Å². The summed E-state index contributed by atoms with van der Waals surface area (Å²) in [5.41, 5.74) is 1.34. The van der Waals surface area contributed by atoms with Crippen LogP contribution in [0.2, 0.25) is 0 Å². The number of anilines is 1. The van der Waals surface area contributed by atoms with Crippen molar-refractivity contribution in [1.29, 1.82) is 0 Å². The fourth-order valence-electron chi connectivity index (χ4n) is 3.15. The van der Waals surface area contributed by atoms with E-state index in [2.05, 4.69) is 4.90 Å². The molecule has 0 saturated carbocycles. The van der Waals surface area contributed by atoms with Crippen LogP contribution in [0.15, 0.2) is 45.8 Å². The molecule has 3 rings (SSSR count). The van der Waals surface area contributed by atoms with Crippen LogP contribution in [-0.2, 0) is 14.2 Å². The molecule has 2 heterocycles. The zero-order valence-electron chi connectivity index (χ0n) is 16.2. The number of hydrogen-bond donors (Lipinski definition) is 0. The minimum absolute atomic E-state index is 0.0983. The van der Waals surface area contributed by atoms with Crippen LogP contribution >= 0.6 is 0 Å². The van der Waals surface area contributed by atoms with Crippen LogP contribution in [0.3, 0.4) is 0 Å². The highest BCUT2D eigenvalue weighted by Gasteiger charge is 2.23. The van der Waals surface area contributed by atoms with Gasteiger partial charge in [-0.05, 0) is 37.6 Å². The van der Waals surface area contributed by atoms with Crippen molar-refractivity contribution in [2.24, 2.45) is 0 Å². The first-order chi connectivity index (χ1) is 13.6. The van der Waals surface area contributed by atoms with Crippen LogP contribution in [-0.4, -0.2) is 52.1 Å². The zero-order valence-corrected chi connectivity index (χ0v) is 16.2. The molecule has 0 unspecified atom stereocenters. The molecular weight excluding hydrogens is 362 g/mol. The lowest BCUT2D eigenvalue weighted by molar-refractivity contribution is 0.0280. The van der Waals surface area contributed by atoms with Gasteiger partial charge in [-0.15, -0.1) is 0 Å². The molecule has 0 aliphatic carbocycles. The first-order valence-electron chi connectivity index (χ1n) is 9.38. The third-order valence-electron chi connectivity index (χ3n) is 4.63. The Morgan fingerprint density at radius 3 is 2.71 bits per heavy atom. The molecular formula is C21H25NO6. The second-order valence-electron chi connectivity index (χ2n) is 6.51. The third kappa shape index (κ3) is 4.79. The summed E-state index contributed by atoms with van der Waals surface area (Å²) in [5.74, 6) is -0.263. The molecule has 0 N–H and O–H groups in total. The van der Waals surface area contributed by atoms with E-state index in [-0.39, 0.29) is 18.3 Å². The number of carbonyl (C=O) groups is 1. The van der Waals surface area contributed by atoms with Crippen molar-refractivity contribution in [1.82, 2.24) is 0 Å². The molecule has 1 aromatic heterocycles. The highest BCUT2D eigenvalue weighted by atomic mass is 16.5. The molecule has 1 fully saturated rings. The van der Waals surface area contributed by atoms with Gasteiger partial charge in [-0.25, -0.2) is 4.79 Å². The fraction of sp³-hybridized carbons (Fsp3) is 0.429. The van der Waals surface area contributed by atoms with E-state index in [0.29, 0.717) is 19.0 Å². The predicted octanol–water partition coefficient (Wildman–Crippen LogP) is 2.73.